The molecule has 0 heterocycles. The highest BCUT2D eigenvalue weighted by Crippen LogP contribution is 2.29. The maximum absolute atomic E-state index is 5.59. The summed E-state index contributed by atoms with van der Waals surface area (Å²) in [5.41, 5.74) is 6.45. The highest BCUT2D eigenvalue weighted by molar-refractivity contribution is 7.99. The van der Waals surface area contributed by atoms with E-state index in [-0.39, 0.29) is 5.88 Å². The van der Waals surface area contributed by atoms with Gasteiger partial charge in [0.15, 0.2) is 0 Å². The molecule has 80 valence electrons. The molecule has 0 amide bonds. The van der Waals surface area contributed by atoms with Crippen molar-refractivity contribution in [1.29, 1.82) is 0 Å². The molecule has 4 heteroatoms. The number of aliphatic imine (C=N–C) groups is 1. The van der Waals surface area contributed by atoms with Crippen LogP contribution >= 0.6 is 23.4 Å². The topological polar surface area (TPSA) is 38.4 Å². The first-order chi connectivity index (χ1) is 7.27. The Morgan fingerprint density at radius 1 is 1.53 bits per heavy atom. The molecule has 15 heavy (non-hydrogen) atoms. The largest absolute Gasteiger partial charge is 0.386 e. The van der Waals surface area contributed by atoms with Crippen molar-refractivity contribution in [2.75, 3.05) is 11.6 Å². The van der Waals surface area contributed by atoms with E-state index in [0.29, 0.717) is 5.84 Å². The van der Waals surface area contributed by atoms with Crippen molar-refractivity contribution in [3.63, 3.8) is 0 Å². The summed E-state index contributed by atoms with van der Waals surface area (Å²) >= 11 is 7.26. The zero-order valence-electron chi connectivity index (χ0n) is 8.32. The standard InChI is InChI=1S/C11H13ClN2S/c1-2-7-15-10-6-4-3-5-9(10)14-11(13)8-12/h2-6H,1,7-8H2,(H2,13,14). The van der Waals surface area contributed by atoms with Gasteiger partial charge < -0.3 is 5.73 Å². The summed E-state index contributed by atoms with van der Waals surface area (Å²) in [6.07, 6.45) is 1.86. The molecule has 0 saturated heterocycles. The van der Waals surface area contributed by atoms with Crippen LogP contribution in [0.4, 0.5) is 5.69 Å². The molecule has 1 rings (SSSR count). The number of nitrogens with zero attached hydrogens (tertiary/aromatic N) is 1. The quantitative estimate of drug-likeness (QED) is 0.282. The fourth-order valence-electron chi connectivity index (χ4n) is 1.00. The van der Waals surface area contributed by atoms with Gasteiger partial charge in [0, 0.05) is 10.6 Å². The molecule has 0 aliphatic carbocycles. The molecule has 2 nitrogen and oxygen atoms in total. The predicted molar refractivity (Wildman–Crippen MR) is 69.4 cm³/mol. The van der Waals surface area contributed by atoms with Crippen LogP contribution in [-0.2, 0) is 0 Å². The van der Waals surface area contributed by atoms with Gasteiger partial charge in [0.25, 0.3) is 0 Å². The fraction of sp³-hybridized carbons (Fsp3) is 0.182. The maximum Gasteiger partial charge on any atom is 0.115 e. The molecule has 2 N–H and O–H groups in total. The van der Waals surface area contributed by atoms with E-state index in [2.05, 4.69) is 11.6 Å². The van der Waals surface area contributed by atoms with Gasteiger partial charge in [0.2, 0.25) is 0 Å². The van der Waals surface area contributed by atoms with Gasteiger partial charge in [-0.3, -0.25) is 0 Å². The van der Waals surface area contributed by atoms with Crippen LogP contribution in [0.3, 0.4) is 0 Å². The molecule has 1 aromatic rings. The summed E-state index contributed by atoms with van der Waals surface area (Å²) < 4.78 is 0. The lowest BCUT2D eigenvalue weighted by Crippen LogP contribution is -2.12. The second kappa shape index (κ2) is 6.53. The van der Waals surface area contributed by atoms with E-state index in [1.807, 2.05) is 30.3 Å². The van der Waals surface area contributed by atoms with Crippen LogP contribution in [0.2, 0.25) is 0 Å². The summed E-state index contributed by atoms with van der Waals surface area (Å²) in [7, 11) is 0. The van der Waals surface area contributed by atoms with Crippen LogP contribution in [0.25, 0.3) is 0 Å². The van der Waals surface area contributed by atoms with Crippen LogP contribution < -0.4 is 5.73 Å². The van der Waals surface area contributed by atoms with E-state index >= 15 is 0 Å². The smallest absolute Gasteiger partial charge is 0.115 e. The molecule has 0 unspecified atom stereocenters. The monoisotopic (exact) mass is 240 g/mol. The first-order valence-electron chi connectivity index (χ1n) is 4.49. The van der Waals surface area contributed by atoms with E-state index in [9.17, 15) is 0 Å². The second-order valence-electron chi connectivity index (χ2n) is 2.80. The Labute approximate surface area is 99.2 Å². The van der Waals surface area contributed by atoms with Gasteiger partial charge in [-0.1, -0.05) is 18.2 Å². The van der Waals surface area contributed by atoms with Crippen molar-refractivity contribution in [1.82, 2.24) is 0 Å². The number of para-hydroxylation sites is 1. The number of halogens is 1. The van der Waals surface area contributed by atoms with Crippen molar-refractivity contribution < 1.29 is 0 Å². The third kappa shape index (κ3) is 3.98. The number of alkyl halides is 1. The summed E-state index contributed by atoms with van der Waals surface area (Å²) in [5, 5.41) is 0. The Morgan fingerprint density at radius 2 is 2.27 bits per heavy atom. The first kappa shape index (κ1) is 12.1. The zero-order valence-corrected chi connectivity index (χ0v) is 9.89. The molecule has 1 aromatic carbocycles. The normalized spacial score (nSPS) is 11.4. The van der Waals surface area contributed by atoms with Crippen molar-refractivity contribution in [2.24, 2.45) is 10.7 Å². The summed E-state index contributed by atoms with van der Waals surface area (Å²) in [5.74, 6) is 1.54. The number of benzene rings is 1. The third-order valence-electron chi connectivity index (χ3n) is 1.62. The second-order valence-corrected chi connectivity index (χ2v) is 4.13. The first-order valence-corrected chi connectivity index (χ1v) is 6.01. The minimum absolute atomic E-state index is 0.250. The molecule has 0 aliphatic rings. The van der Waals surface area contributed by atoms with Gasteiger partial charge >= 0.3 is 0 Å². The molecule has 0 aromatic heterocycles. The Morgan fingerprint density at radius 3 is 2.93 bits per heavy atom. The van der Waals surface area contributed by atoms with Crippen molar-refractivity contribution in [2.45, 2.75) is 4.90 Å². The molecule has 0 fully saturated rings. The molecular weight excluding hydrogens is 228 g/mol. The van der Waals surface area contributed by atoms with Crippen LogP contribution in [-0.4, -0.2) is 17.5 Å². The lowest BCUT2D eigenvalue weighted by Gasteiger charge is -2.03. The summed E-state index contributed by atoms with van der Waals surface area (Å²) in [4.78, 5) is 5.33. The van der Waals surface area contributed by atoms with Crippen LogP contribution in [0, 0.1) is 0 Å². The summed E-state index contributed by atoms with van der Waals surface area (Å²) in [6.45, 7) is 3.68. The SMILES string of the molecule is C=CCSc1ccccc1N=C(N)CCl. The number of rotatable bonds is 5. The van der Waals surface area contributed by atoms with E-state index in [1.165, 1.54) is 0 Å². The average Bonchev–Trinajstić information content (AvgIpc) is 2.28. The third-order valence-corrected chi connectivity index (χ3v) is 2.96. The van der Waals surface area contributed by atoms with Gasteiger partial charge in [-0.2, -0.15) is 0 Å². The molecule has 0 radical (unpaired) electrons. The van der Waals surface area contributed by atoms with Crippen LogP contribution in [0.5, 0.6) is 0 Å². The minimum atomic E-state index is 0.250. The number of thioether (sulfide) groups is 1. The van der Waals surface area contributed by atoms with Crippen LogP contribution in [0.1, 0.15) is 0 Å². The van der Waals surface area contributed by atoms with Crippen molar-refractivity contribution in [3.05, 3.63) is 36.9 Å². The molecular formula is C11H13ClN2S. The lowest BCUT2D eigenvalue weighted by molar-refractivity contribution is 1.35. The summed E-state index contributed by atoms with van der Waals surface area (Å²) in [6, 6.07) is 7.83. The Hall–Kier alpha value is -0.930. The van der Waals surface area contributed by atoms with Gasteiger partial charge in [0.05, 0.1) is 11.6 Å². The Bertz CT molecular complexity index is 363. The maximum atomic E-state index is 5.59. The average molecular weight is 241 g/mol. The van der Waals surface area contributed by atoms with Crippen molar-refractivity contribution >= 4 is 34.9 Å². The van der Waals surface area contributed by atoms with Gasteiger partial charge in [-0.15, -0.1) is 29.9 Å². The van der Waals surface area contributed by atoms with E-state index < -0.39 is 0 Å². The van der Waals surface area contributed by atoms with Crippen molar-refractivity contribution in [3.8, 4) is 0 Å². The predicted octanol–water partition coefficient (Wildman–Crippen LogP) is 3.19. The number of amidine groups is 1. The molecule has 0 bridgehead atoms. The minimum Gasteiger partial charge on any atom is -0.386 e. The van der Waals surface area contributed by atoms with E-state index in [4.69, 9.17) is 17.3 Å². The van der Waals surface area contributed by atoms with E-state index in [1.54, 1.807) is 11.8 Å². The zero-order chi connectivity index (χ0) is 11.1. The molecule has 0 spiro atoms. The van der Waals surface area contributed by atoms with Gasteiger partial charge in [-0.25, -0.2) is 4.99 Å². The molecule has 0 saturated carbocycles. The fourth-order valence-corrected chi connectivity index (χ4v) is 1.80. The Kier molecular flexibility index (Phi) is 5.29. The highest BCUT2D eigenvalue weighted by atomic mass is 35.5. The highest BCUT2D eigenvalue weighted by Gasteiger charge is 2.00. The lowest BCUT2D eigenvalue weighted by atomic mass is 10.3. The number of nitrogens with two attached hydrogens (primary N) is 1. The number of hydrogen-bond donors (Lipinski definition) is 1. The molecule has 0 atom stereocenters. The van der Waals surface area contributed by atoms with Crippen LogP contribution in [0.15, 0.2) is 46.8 Å². The molecule has 0 aliphatic heterocycles. The number of hydrogen-bond acceptors (Lipinski definition) is 2. The van der Waals surface area contributed by atoms with Gasteiger partial charge in [0.1, 0.15) is 5.84 Å². The Balaban J connectivity index is 2.90. The van der Waals surface area contributed by atoms with E-state index in [0.717, 1.165) is 16.3 Å². The van der Waals surface area contributed by atoms with Gasteiger partial charge in [-0.05, 0) is 12.1 Å².